The van der Waals surface area contributed by atoms with Gasteiger partial charge in [0.2, 0.25) is 11.8 Å². The molecule has 2 fully saturated rings. The Morgan fingerprint density at radius 1 is 1.28 bits per heavy atom. The Hall–Kier alpha value is -2.32. The molecule has 2 amide bonds. The number of likely N-dealkylation sites (tertiary alicyclic amines) is 1. The molecule has 0 bridgehead atoms. The van der Waals surface area contributed by atoms with Gasteiger partial charge in [-0.25, -0.2) is 14.3 Å². The smallest absolute Gasteiger partial charge is 0.248 e. The maximum atomic E-state index is 14.1. The van der Waals surface area contributed by atoms with E-state index in [2.05, 4.69) is 0 Å². The maximum Gasteiger partial charge on any atom is 0.248 e. The van der Waals surface area contributed by atoms with E-state index in [0.29, 0.717) is 25.0 Å². The number of nitrogens with zero attached hydrogens (tertiary/aromatic N) is 2. The molecule has 1 aromatic rings. The zero-order chi connectivity index (χ0) is 20.8. The van der Waals surface area contributed by atoms with E-state index in [1.807, 2.05) is 11.9 Å². The van der Waals surface area contributed by atoms with Crippen LogP contribution in [0.15, 0.2) is 24.3 Å². The van der Waals surface area contributed by atoms with Crippen LogP contribution in [0.1, 0.15) is 31.2 Å². The number of hydroxylamine groups is 1. The summed E-state index contributed by atoms with van der Waals surface area (Å²) >= 11 is 0. The minimum absolute atomic E-state index is 0.0760. The van der Waals surface area contributed by atoms with Gasteiger partial charge in [0.1, 0.15) is 6.04 Å². The topological polar surface area (TPSA) is 72.9 Å². The molecule has 1 aromatic carbocycles. The Labute approximate surface area is 168 Å². The fraction of sp³-hybridized carbons (Fsp3) is 0.524. The molecule has 0 aromatic heterocycles. The number of benzene rings is 1. The van der Waals surface area contributed by atoms with E-state index in [-0.39, 0.29) is 23.4 Å². The molecule has 156 valence electrons. The molecule has 0 radical (unpaired) electrons. The number of carbonyl (C=O) groups excluding carboxylic acids is 2. The standard InChI is InChI=1S/C21H25F2N3O3/c1-25-12-21(7-8-21)11-15(19(27)24-29)18(25)20(28)26-9-5-13(6-10-26)14-3-2-4-16(22)17(14)23/h2-5,15,18,29H,6-12H2,1H3,(H,24,27)/t15-,18-/m0/s1. The SMILES string of the molecule is CN1CC2(CC2)C[C@H](C(=O)NO)[C@H]1C(=O)N1CC=C(c2cccc(F)c2F)CC1. The van der Waals surface area contributed by atoms with E-state index in [0.717, 1.165) is 25.5 Å². The molecule has 1 spiro atoms. The average Bonchev–Trinajstić information content (AvgIpc) is 3.47. The molecular formula is C21H25F2N3O3. The zero-order valence-corrected chi connectivity index (χ0v) is 16.3. The van der Waals surface area contributed by atoms with Gasteiger partial charge in [0.05, 0.1) is 5.92 Å². The van der Waals surface area contributed by atoms with Gasteiger partial charge in [-0.2, -0.15) is 0 Å². The number of hydrogen-bond acceptors (Lipinski definition) is 4. The van der Waals surface area contributed by atoms with Crippen LogP contribution in [0.3, 0.4) is 0 Å². The lowest BCUT2D eigenvalue weighted by Crippen LogP contribution is -2.59. The molecule has 2 N–H and O–H groups in total. The van der Waals surface area contributed by atoms with Gasteiger partial charge in [0.15, 0.2) is 11.6 Å². The summed E-state index contributed by atoms with van der Waals surface area (Å²) in [6.07, 6.45) is 4.80. The van der Waals surface area contributed by atoms with Crippen LogP contribution < -0.4 is 5.48 Å². The predicted molar refractivity (Wildman–Crippen MR) is 102 cm³/mol. The third-order valence-corrected chi connectivity index (χ3v) is 6.57. The fourth-order valence-electron chi connectivity index (χ4n) is 4.85. The van der Waals surface area contributed by atoms with Crippen LogP contribution in [0, 0.1) is 23.0 Å². The van der Waals surface area contributed by atoms with E-state index in [1.54, 1.807) is 16.5 Å². The van der Waals surface area contributed by atoms with Gasteiger partial charge in [-0.1, -0.05) is 18.2 Å². The summed E-state index contributed by atoms with van der Waals surface area (Å²) in [6.45, 7) is 1.39. The average molecular weight is 405 g/mol. The van der Waals surface area contributed by atoms with Crippen molar-refractivity contribution in [1.29, 1.82) is 0 Å². The summed E-state index contributed by atoms with van der Waals surface area (Å²) in [7, 11) is 1.84. The van der Waals surface area contributed by atoms with E-state index in [4.69, 9.17) is 5.21 Å². The molecular weight excluding hydrogens is 380 g/mol. The minimum atomic E-state index is -0.891. The molecule has 2 atom stereocenters. The van der Waals surface area contributed by atoms with Crippen LogP contribution in [0.5, 0.6) is 0 Å². The van der Waals surface area contributed by atoms with E-state index < -0.39 is 29.5 Å². The molecule has 2 heterocycles. The Bertz CT molecular complexity index is 869. The summed E-state index contributed by atoms with van der Waals surface area (Å²) in [4.78, 5) is 29.1. The normalized spacial score (nSPS) is 26.2. The lowest BCUT2D eigenvalue weighted by molar-refractivity contribution is -0.150. The van der Waals surface area contributed by atoms with Gasteiger partial charge in [-0.05, 0) is 49.8 Å². The second-order valence-corrected chi connectivity index (χ2v) is 8.51. The summed E-state index contributed by atoms with van der Waals surface area (Å²) in [5.74, 6) is -3.08. The lowest BCUT2D eigenvalue weighted by atomic mass is 9.80. The van der Waals surface area contributed by atoms with E-state index in [1.165, 1.54) is 12.1 Å². The quantitative estimate of drug-likeness (QED) is 0.597. The number of rotatable bonds is 3. The van der Waals surface area contributed by atoms with Gasteiger partial charge < -0.3 is 4.90 Å². The molecule has 29 heavy (non-hydrogen) atoms. The van der Waals surface area contributed by atoms with Crippen molar-refractivity contribution in [3.63, 3.8) is 0 Å². The first-order valence-corrected chi connectivity index (χ1v) is 9.92. The van der Waals surface area contributed by atoms with Gasteiger partial charge in [-0.15, -0.1) is 0 Å². The van der Waals surface area contributed by atoms with Crippen LogP contribution >= 0.6 is 0 Å². The van der Waals surface area contributed by atoms with Crippen molar-refractivity contribution in [3.05, 3.63) is 41.5 Å². The van der Waals surface area contributed by atoms with Crippen molar-refractivity contribution < 1.29 is 23.6 Å². The molecule has 1 saturated heterocycles. The van der Waals surface area contributed by atoms with Crippen LogP contribution in [0.4, 0.5) is 8.78 Å². The molecule has 6 nitrogen and oxygen atoms in total. The summed E-state index contributed by atoms with van der Waals surface area (Å²) < 4.78 is 27.6. The minimum Gasteiger partial charge on any atom is -0.337 e. The monoisotopic (exact) mass is 405 g/mol. The number of amides is 2. The molecule has 1 saturated carbocycles. The maximum absolute atomic E-state index is 14.1. The summed E-state index contributed by atoms with van der Waals surface area (Å²) in [6, 6.07) is 3.44. The van der Waals surface area contributed by atoms with Crippen molar-refractivity contribution in [2.75, 3.05) is 26.7 Å². The highest BCUT2D eigenvalue weighted by molar-refractivity contribution is 5.90. The van der Waals surface area contributed by atoms with Crippen molar-refractivity contribution in [1.82, 2.24) is 15.3 Å². The van der Waals surface area contributed by atoms with Crippen molar-refractivity contribution in [2.45, 2.75) is 31.7 Å². The predicted octanol–water partition coefficient (Wildman–Crippen LogP) is 2.19. The van der Waals surface area contributed by atoms with Crippen LogP contribution in [0.25, 0.3) is 5.57 Å². The van der Waals surface area contributed by atoms with Crippen molar-refractivity contribution >= 4 is 17.4 Å². The molecule has 1 aliphatic carbocycles. The molecule has 0 unspecified atom stereocenters. The first-order valence-electron chi connectivity index (χ1n) is 9.92. The van der Waals surface area contributed by atoms with Crippen LogP contribution in [0.2, 0.25) is 0 Å². The third kappa shape index (κ3) is 3.67. The van der Waals surface area contributed by atoms with Gasteiger partial charge in [-0.3, -0.25) is 19.7 Å². The fourth-order valence-corrected chi connectivity index (χ4v) is 4.85. The second kappa shape index (κ2) is 7.50. The van der Waals surface area contributed by atoms with Crippen molar-refractivity contribution in [3.8, 4) is 0 Å². The summed E-state index contributed by atoms with van der Waals surface area (Å²) in [5, 5.41) is 9.16. The highest BCUT2D eigenvalue weighted by Crippen LogP contribution is 2.54. The lowest BCUT2D eigenvalue weighted by Gasteiger charge is -2.43. The van der Waals surface area contributed by atoms with Crippen molar-refractivity contribution in [2.24, 2.45) is 11.3 Å². The number of carbonyl (C=O) groups is 2. The van der Waals surface area contributed by atoms with Gasteiger partial charge in [0.25, 0.3) is 0 Å². The third-order valence-electron chi connectivity index (χ3n) is 6.57. The highest BCUT2D eigenvalue weighted by Gasteiger charge is 2.55. The Kier molecular flexibility index (Phi) is 5.16. The second-order valence-electron chi connectivity index (χ2n) is 8.51. The van der Waals surface area contributed by atoms with Crippen LogP contribution in [-0.2, 0) is 9.59 Å². The Morgan fingerprint density at radius 2 is 2.03 bits per heavy atom. The number of piperidine rings is 1. The molecule has 2 aliphatic heterocycles. The molecule has 3 aliphatic rings. The van der Waals surface area contributed by atoms with Crippen LogP contribution in [-0.4, -0.2) is 59.5 Å². The van der Waals surface area contributed by atoms with Gasteiger partial charge in [0, 0.05) is 25.2 Å². The van der Waals surface area contributed by atoms with Gasteiger partial charge >= 0.3 is 0 Å². The number of hydrogen-bond donors (Lipinski definition) is 2. The first-order chi connectivity index (χ1) is 13.8. The molecule has 4 rings (SSSR count). The van der Waals surface area contributed by atoms with E-state index >= 15 is 0 Å². The largest absolute Gasteiger partial charge is 0.337 e. The Morgan fingerprint density at radius 3 is 2.66 bits per heavy atom. The summed E-state index contributed by atoms with van der Waals surface area (Å²) in [5.41, 5.74) is 2.69. The van der Waals surface area contributed by atoms with E-state index in [9.17, 15) is 18.4 Å². The first kappa shape index (κ1) is 20.0. The Balaban J connectivity index is 1.51. The number of likely N-dealkylation sites (N-methyl/N-ethyl adjacent to an activating group) is 1. The highest BCUT2D eigenvalue weighted by atomic mass is 19.2. The number of nitrogens with one attached hydrogen (secondary N) is 1. The molecule has 8 heteroatoms. The number of halogens is 2. The zero-order valence-electron chi connectivity index (χ0n) is 16.3.